The van der Waals surface area contributed by atoms with Crippen LogP contribution in [-0.2, 0) is 13.6 Å². The van der Waals surface area contributed by atoms with Crippen LogP contribution in [0.15, 0.2) is 42.6 Å². The van der Waals surface area contributed by atoms with Crippen LogP contribution in [0.4, 0.5) is 0 Å². The molecule has 1 aliphatic carbocycles. The van der Waals surface area contributed by atoms with Crippen molar-refractivity contribution in [1.29, 1.82) is 0 Å². The van der Waals surface area contributed by atoms with Gasteiger partial charge in [0.1, 0.15) is 5.69 Å². The van der Waals surface area contributed by atoms with Crippen LogP contribution in [0.3, 0.4) is 0 Å². The fourth-order valence-electron chi connectivity index (χ4n) is 3.22. The Kier molecular flexibility index (Phi) is 5.04. The smallest absolute Gasteiger partial charge is 0.271 e. The fraction of sp³-hybridized carbons (Fsp3) is 0.400. The highest BCUT2D eigenvalue weighted by atomic mass is 16.3. The second kappa shape index (κ2) is 7.23. The van der Waals surface area contributed by atoms with Gasteiger partial charge in [-0.15, -0.1) is 0 Å². The molecule has 0 radical (unpaired) electrons. The van der Waals surface area contributed by atoms with E-state index in [-0.39, 0.29) is 24.3 Å². The van der Waals surface area contributed by atoms with Crippen LogP contribution in [0.2, 0.25) is 0 Å². The van der Waals surface area contributed by atoms with E-state index >= 15 is 0 Å². The minimum Gasteiger partial charge on any atom is -0.394 e. The van der Waals surface area contributed by atoms with E-state index in [1.54, 1.807) is 28.8 Å². The fourth-order valence-corrected chi connectivity index (χ4v) is 3.22. The van der Waals surface area contributed by atoms with E-state index in [0.717, 1.165) is 18.4 Å². The molecule has 132 valence electrons. The molecule has 1 amide bonds. The van der Waals surface area contributed by atoms with Crippen molar-refractivity contribution in [3.05, 3.63) is 59.4 Å². The molecule has 1 saturated carbocycles. The maximum Gasteiger partial charge on any atom is 0.271 e. The molecule has 1 fully saturated rings. The van der Waals surface area contributed by atoms with Crippen LogP contribution in [0.1, 0.15) is 46.2 Å². The molecule has 1 atom stereocenters. The molecular formula is C20H24N2O3. The number of benzene rings is 1. The Morgan fingerprint density at radius 2 is 1.96 bits per heavy atom. The quantitative estimate of drug-likeness (QED) is 0.788. The first kappa shape index (κ1) is 17.4. The lowest BCUT2D eigenvalue weighted by molar-refractivity contribution is 0.0522. The Morgan fingerprint density at radius 1 is 1.28 bits per heavy atom. The van der Waals surface area contributed by atoms with Gasteiger partial charge in [0.25, 0.3) is 5.91 Å². The molecule has 1 aromatic heterocycles. The second-order valence-corrected chi connectivity index (χ2v) is 6.79. The van der Waals surface area contributed by atoms with Crippen molar-refractivity contribution < 1.29 is 14.7 Å². The standard InChI is InChI=1S/C20H24N2O3/c1-14(24)17-10-18(21(2)12-17)20(25)22(19(13-23)16-8-9-16)11-15-6-4-3-5-7-15/h3-7,10,12,16,19,23H,8-9,11,13H2,1-2H3. The maximum atomic E-state index is 13.2. The third kappa shape index (κ3) is 3.82. The van der Waals surface area contributed by atoms with Crippen molar-refractivity contribution in [2.75, 3.05) is 6.61 Å². The van der Waals surface area contributed by atoms with Crippen molar-refractivity contribution in [2.45, 2.75) is 32.4 Å². The van der Waals surface area contributed by atoms with Crippen LogP contribution >= 0.6 is 0 Å². The lowest BCUT2D eigenvalue weighted by Crippen LogP contribution is -2.44. The Bertz CT molecular complexity index is 763. The zero-order valence-electron chi connectivity index (χ0n) is 14.7. The van der Waals surface area contributed by atoms with Gasteiger partial charge in [0, 0.05) is 25.4 Å². The summed E-state index contributed by atoms with van der Waals surface area (Å²) < 4.78 is 1.69. The largest absolute Gasteiger partial charge is 0.394 e. The summed E-state index contributed by atoms with van der Waals surface area (Å²) in [5.74, 6) is 0.139. The van der Waals surface area contributed by atoms with Crippen molar-refractivity contribution >= 4 is 11.7 Å². The molecule has 1 N–H and O–H groups in total. The lowest BCUT2D eigenvalue weighted by Gasteiger charge is -2.31. The Labute approximate surface area is 147 Å². The summed E-state index contributed by atoms with van der Waals surface area (Å²) in [6.45, 7) is 1.89. The van der Waals surface area contributed by atoms with Crippen LogP contribution in [-0.4, -0.2) is 38.9 Å². The van der Waals surface area contributed by atoms with Gasteiger partial charge in [-0.1, -0.05) is 30.3 Å². The highest BCUT2D eigenvalue weighted by molar-refractivity contribution is 5.99. The highest BCUT2D eigenvalue weighted by Gasteiger charge is 2.38. The molecule has 0 aliphatic heterocycles. The number of aromatic nitrogens is 1. The van der Waals surface area contributed by atoms with Gasteiger partial charge in [0.2, 0.25) is 0 Å². The van der Waals surface area contributed by atoms with Gasteiger partial charge in [-0.3, -0.25) is 9.59 Å². The molecule has 5 nitrogen and oxygen atoms in total. The van der Waals surface area contributed by atoms with Crippen molar-refractivity contribution in [3.8, 4) is 0 Å². The number of aliphatic hydroxyl groups is 1. The SMILES string of the molecule is CC(=O)c1cc(C(=O)N(Cc2ccccc2)C(CO)C2CC2)n(C)c1. The average molecular weight is 340 g/mol. The van der Waals surface area contributed by atoms with E-state index in [4.69, 9.17) is 0 Å². The first-order valence-electron chi connectivity index (χ1n) is 8.64. The van der Waals surface area contributed by atoms with Crippen LogP contribution in [0, 0.1) is 5.92 Å². The molecule has 5 heteroatoms. The molecule has 1 unspecified atom stereocenters. The minimum absolute atomic E-state index is 0.0484. The number of amides is 1. The number of aliphatic hydroxyl groups excluding tert-OH is 1. The van der Waals surface area contributed by atoms with E-state index < -0.39 is 0 Å². The predicted octanol–water partition coefficient (Wildman–Crippen LogP) is 2.64. The number of hydrogen-bond donors (Lipinski definition) is 1. The third-order valence-corrected chi connectivity index (χ3v) is 4.84. The molecule has 1 aromatic carbocycles. The second-order valence-electron chi connectivity index (χ2n) is 6.79. The maximum absolute atomic E-state index is 13.2. The van der Waals surface area contributed by atoms with E-state index in [9.17, 15) is 14.7 Å². The van der Waals surface area contributed by atoms with Crippen molar-refractivity contribution in [3.63, 3.8) is 0 Å². The number of ketones is 1. The van der Waals surface area contributed by atoms with Gasteiger partial charge in [0.15, 0.2) is 5.78 Å². The number of aryl methyl sites for hydroxylation is 1. The van der Waals surface area contributed by atoms with Gasteiger partial charge >= 0.3 is 0 Å². The first-order chi connectivity index (χ1) is 12.0. The topological polar surface area (TPSA) is 62.5 Å². The zero-order chi connectivity index (χ0) is 18.0. The molecule has 0 spiro atoms. The number of carbonyl (C=O) groups is 2. The molecule has 3 rings (SSSR count). The molecular weight excluding hydrogens is 316 g/mol. The Hall–Kier alpha value is -2.40. The van der Waals surface area contributed by atoms with Gasteiger partial charge in [-0.25, -0.2) is 0 Å². The van der Waals surface area contributed by atoms with Crippen LogP contribution in [0.25, 0.3) is 0 Å². The normalized spacial score (nSPS) is 15.0. The molecule has 2 aromatic rings. The summed E-state index contributed by atoms with van der Waals surface area (Å²) in [6, 6.07) is 11.2. The van der Waals surface area contributed by atoms with Gasteiger partial charge in [-0.05, 0) is 37.3 Å². The molecule has 0 bridgehead atoms. The summed E-state index contributed by atoms with van der Waals surface area (Å²) in [5, 5.41) is 9.89. The number of hydrogen-bond acceptors (Lipinski definition) is 3. The number of rotatable bonds is 7. The van der Waals surface area contributed by atoms with Crippen molar-refractivity contribution in [1.82, 2.24) is 9.47 Å². The minimum atomic E-state index is -0.191. The van der Waals surface area contributed by atoms with E-state index in [0.29, 0.717) is 23.7 Å². The van der Waals surface area contributed by atoms with Crippen LogP contribution < -0.4 is 0 Å². The Morgan fingerprint density at radius 3 is 2.48 bits per heavy atom. The zero-order valence-corrected chi connectivity index (χ0v) is 14.7. The van der Waals surface area contributed by atoms with Gasteiger partial charge < -0.3 is 14.6 Å². The summed E-state index contributed by atoms with van der Waals surface area (Å²) >= 11 is 0. The molecule has 1 aliphatic rings. The highest BCUT2D eigenvalue weighted by Crippen LogP contribution is 2.36. The van der Waals surface area contributed by atoms with E-state index in [1.807, 2.05) is 30.3 Å². The summed E-state index contributed by atoms with van der Waals surface area (Å²) in [6.07, 6.45) is 3.76. The summed E-state index contributed by atoms with van der Waals surface area (Å²) in [5.41, 5.74) is 2.02. The number of Topliss-reactive ketones (excluding diaryl/α,β-unsaturated/α-hetero) is 1. The number of carbonyl (C=O) groups excluding carboxylic acids is 2. The average Bonchev–Trinajstić information content (AvgIpc) is 3.36. The lowest BCUT2D eigenvalue weighted by atomic mass is 10.1. The van der Waals surface area contributed by atoms with Crippen molar-refractivity contribution in [2.24, 2.45) is 13.0 Å². The summed E-state index contributed by atoms with van der Waals surface area (Å²) in [7, 11) is 1.77. The van der Waals surface area contributed by atoms with E-state index in [2.05, 4.69) is 0 Å². The Balaban J connectivity index is 1.92. The van der Waals surface area contributed by atoms with Gasteiger partial charge in [-0.2, -0.15) is 0 Å². The van der Waals surface area contributed by atoms with Gasteiger partial charge in [0.05, 0.1) is 12.6 Å². The van der Waals surface area contributed by atoms with E-state index in [1.165, 1.54) is 6.92 Å². The predicted molar refractivity (Wildman–Crippen MR) is 95.3 cm³/mol. The first-order valence-corrected chi connectivity index (χ1v) is 8.64. The monoisotopic (exact) mass is 340 g/mol. The number of nitrogens with zero attached hydrogens (tertiary/aromatic N) is 2. The molecule has 1 heterocycles. The molecule has 0 saturated heterocycles. The van der Waals surface area contributed by atoms with Crippen LogP contribution in [0.5, 0.6) is 0 Å². The molecule has 25 heavy (non-hydrogen) atoms. The third-order valence-electron chi connectivity index (χ3n) is 4.84. The summed E-state index contributed by atoms with van der Waals surface area (Å²) in [4.78, 5) is 26.6.